The predicted octanol–water partition coefficient (Wildman–Crippen LogP) is 5.32. The molecule has 1 aliphatic heterocycles. The summed E-state index contributed by atoms with van der Waals surface area (Å²) in [5.74, 6) is 0.742. The zero-order valence-electron chi connectivity index (χ0n) is 24.0. The average molecular weight is 621 g/mol. The van der Waals surface area contributed by atoms with Crippen LogP contribution < -0.4 is 14.9 Å². The monoisotopic (exact) mass is 620 g/mol. The third-order valence-corrected chi connectivity index (χ3v) is 7.87. The molecule has 0 N–H and O–H groups in total. The van der Waals surface area contributed by atoms with Gasteiger partial charge in [0.2, 0.25) is 5.88 Å². The van der Waals surface area contributed by atoms with E-state index in [4.69, 9.17) is 23.5 Å². The highest BCUT2D eigenvalue weighted by Crippen LogP contribution is 2.37. The van der Waals surface area contributed by atoms with Gasteiger partial charge in [0, 0.05) is 11.6 Å². The number of nitriles is 1. The maximum absolute atomic E-state index is 12.1. The van der Waals surface area contributed by atoms with E-state index in [1.165, 1.54) is 7.11 Å². The van der Waals surface area contributed by atoms with Crippen molar-refractivity contribution in [1.29, 1.82) is 5.26 Å². The molecule has 0 unspecified atom stereocenters. The molecule has 10 heteroatoms. The van der Waals surface area contributed by atoms with Gasteiger partial charge in [-0.05, 0) is 97.3 Å². The minimum atomic E-state index is -0.550. The molecule has 0 spiro atoms. The van der Waals surface area contributed by atoms with Crippen LogP contribution in [0.5, 0.6) is 11.6 Å². The summed E-state index contributed by atoms with van der Waals surface area (Å²) in [7, 11) is 0.816. The maximum atomic E-state index is 12.1. The summed E-state index contributed by atoms with van der Waals surface area (Å²) in [5.41, 5.74) is 3.14. The molecule has 1 fully saturated rings. The number of hydrogen-bond donors (Lipinski definition) is 0. The maximum Gasteiger partial charge on any atom is 0.494 e. The second kappa shape index (κ2) is 13.1. The molecule has 0 atom stereocenters. The van der Waals surface area contributed by atoms with Gasteiger partial charge in [0.05, 0.1) is 43.0 Å². The van der Waals surface area contributed by atoms with Crippen molar-refractivity contribution in [3.63, 3.8) is 0 Å². The van der Waals surface area contributed by atoms with Crippen LogP contribution in [0.15, 0.2) is 59.2 Å². The van der Waals surface area contributed by atoms with Crippen LogP contribution in [0, 0.1) is 11.3 Å². The number of hydrogen-bond acceptors (Lipinski definition) is 8. The first-order valence-corrected chi connectivity index (χ1v) is 14.3. The summed E-state index contributed by atoms with van der Waals surface area (Å²) >= 11 is 3.36. The Morgan fingerprint density at radius 2 is 1.73 bits per heavy atom. The molecule has 4 rings (SSSR count). The Balaban J connectivity index is 1.45. The molecule has 41 heavy (non-hydrogen) atoms. The highest BCUT2D eigenvalue weighted by molar-refractivity contribution is 9.10. The van der Waals surface area contributed by atoms with Crippen molar-refractivity contribution in [2.75, 3.05) is 13.7 Å². The van der Waals surface area contributed by atoms with E-state index in [0.29, 0.717) is 47.9 Å². The molecular weight excluding hydrogens is 587 g/mol. The zero-order valence-corrected chi connectivity index (χ0v) is 25.6. The number of benzene rings is 2. The highest BCUT2D eigenvalue weighted by atomic mass is 79.9. The number of carbonyl (C=O) groups is 1. The molecule has 3 aromatic rings. The van der Waals surface area contributed by atoms with Crippen molar-refractivity contribution < 1.29 is 28.3 Å². The van der Waals surface area contributed by atoms with Gasteiger partial charge in [-0.1, -0.05) is 24.3 Å². The number of aromatic nitrogens is 1. The molecule has 1 aliphatic rings. The fourth-order valence-electron chi connectivity index (χ4n) is 4.34. The van der Waals surface area contributed by atoms with Gasteiger partial charge in [0.25, 0.3) is 0 Å². The lowest BCUT2D eigenvalue weighted by atomic mass is 9.78. The SMILES string of the molecule is COC(=O)Cc1ccc(B2OC(C)(C)C(C)(C)O2)cc1OCCCc1cc(C#N)ccc1COc1cccc(Br)n1. The smallest absolute Gasteiger partial charge is 0.493 e. The Hall–Kier alpha value is -3.39. The van der Waals surface area contributed by atoms with Crippen molar-refractivity contribution in [3.8, 4) is 17.7 Å². The zero-order chi connectivity index (χ0) is 29.6. The topological polar surface area (TPSA) is 99.9 Å². The summed E-state index contributed by atoms with van der Waals surface area (Å²) in [4.78, 5) is 16.4. The van der Waals surface area contributed by atoms with Gasteiger partial charge in [-0.25, -0.2) is 4.98 Å². The van der Waals surface area contributed by atoms with E-state index in [1.807, 2.05) is 70.2 Å². The lowest BCUT2D eigenvalue weighted by molar-refractivity contribution is -0.139. The van der Waals surface area contributed by atoms with Gasteiger partial charge in [0.15, 0.2) is 0 Å². The second-order valence-corrected chi connectivity index (χ2v) is 11.7. The van der Waals surface area contributed by atoms with E-state index in [2.05, 4.69) is 27.0 Å². The number of nitrogens with zero attached hydrogens (tertiary/aromatic N) is 2. The van der Waals surface area contributed by atoms with Crippen molar-refractivity contribution in [3.05, 3.63) is 81.5 Å². The van der Waals surface area contributed by atoms with Crippen LogP contribution in [0.25, 0.3) is 0 Å². The number of esters is 1. The second-order valence-electron chi connectivity index (χ2n) is 10.8. The van der Waals surface area contributed by atoms with E-state index in [1.54, 1.807) is 12.1 Å². The van der Waals surface area contributed by atoms with Crippen molar-refractivity contribution in [1.82, 2.24) is 4.98 Å². The molecule has 0 saturated carbocycles. The molecular formula is C31H34BBrN2O6. The van der Waals surface area contributed by atoms with Crippen LogP contribution in [0.2, 0.25) is 0 Å². The summed E-state index contributed by atoms with van der Waals surface area (Å²) in [5, 5.41) is 9.44. The van der Waals surface area contributed by atoms with Crippen LogP contribution in [-0.4, -0.2) is 43.0 Å². The van der Waals surface area contributed by atoms with E-state index in [0.717, 1.165) is 22.2 Å². The third-order valence-electron chi connectivity index (χ3n) is 7.43. The Morgan fingerprint density at radius 3 is 2.41 bits per heavy atom. The number of carbonyl (C=O) groups excluding carboxylic acids is 1. The number of pyridine rings is 1. The Morgan fingerprint density at radius 1 is 1.00 bits per heavy atom. The Bertz CT molecular complexity index is 1420. The van der Waals surface area contributed by atoms with Gasteiger partial charge < -0.3 is 23.5 Å². The highest BCUT2D eigenvalue weighted by Gasteiger charge is 2.51. The summed E-state index contributed by atoms with van der Waals surface area (Å²) in [6.07, 6.45) is 1.43. The average Bonchev–Trinajstić information content (AvgIpc) is 3.17. The molecule has 1 saturated heterocycles. The summed E-state index contributed by atoms with van der Waals surface area (Å²) in [6, 6.07) is 18.9. The van der Waals surface area contributed by atoms with Gasteiger partial charge in [-0.15, -0.1) is 0 Å². The fourth-order valence-corrected chi connectivity index (χ4v) is 4.67. The lowest BCUT2D eigenvalue weighted by Gasteiger charge is -2.32. The van der Waals surface area contributed by atoms with Crippen molar-refractivity contribution in [2.45, 2.75) is 64.8 Å². The van der Waals surface area contributed by atoms with Crippen LogP contribution in [0.3, 0.4) is 0 Å². The number of rotatable bonds is 11. The minimum Gasteiger partial charge on any atom is -0.493 e. The van der Waals surface area contributed by atoms with Gasteiger partial charge in [-0.2, -0.15) is 5.26 Å². The van der Waals surface area contributed by atoms with Gasteiger partial charge in [0.1, 0.15) is 17.0 Å². The quantitative estimate of drug-likeness (QED) is 0.123. The minimum absolute atomic E-state index is 0.0881. The van der Waals surface area contributed by atoms with Crippen LogP contribution in [-0.2, 0) is 38.3 Å². The molecule has 0 amide bonds. The van der Waals surface area contributed by atoms with E-state index >= 15 is 0 Å². The summed E-state index contributed by atoms with van der Waals surface area (Å²) < 4.78 is 30.1. The first-order chi connectivity index (χ1) is 19.5. The molecule has 2 aromatic carbocycles. The molecule has 8 nitrogen and oxygen atoms in total. The van der Waals surface area contributed by atoms with Crippen molar-refractivity contribution in [2.24, 2.45) is 0 Å². The number of aryl methyl sites for hydroxylation is 1. The number of methoxy groups -OCH3 is 1. The molecule has 0 bridgehead atoms. The summed E-state index contributed by atoms with van der Waals surface area (Å²) in [6.45, 7) is 8.74. The normalized spacial score (nSPS) is 15.3. The Kier molecular flexibility index (Phi) is 9.74. The third kappa shape index (κ3) is 7.67. The molecule has 1 aromatic heterocycles. The van der Waals surface area contributed by atoms with E-state index in [9.17, 15) is 10.1 Å². The van der Waals surface area contributed by atoms with E-state index in [-0.39, 0.29) is 12.4 Å². The van der Waals surface area contributed by atoms with Crippen LogP contribution in [0.1, 0.15) is 56.4 Å². The predicted molar refractivity (Wildman–Crippen MR) is 159 cm³/mol. The lowest BCUT2D eigenvalue weighted by Crippen LogP contribution is -2.41. The molecule has 0 radical (unpaired) electrons. The Labute approximate surface area is 250 Å². The largest absolute Gasteiger partial charge is 0.494 e. The van der Waals surface area contributed by atoms with Crippen LogP contribution >= 0.6 is 15.9 Å². The standard InChI is InChI=1S/C31H34BBrN2O6/c1-30(2)31(3,4)41-32(40-30)25-14-13-23(17-29(36)37-5)26(18-25)38-15-7-8-22-16-21(19-34)11-12-24(22)20-39-28-10-6-9-27(33)35-28/h6,9-14,16,18H,7-8,15,17,20H2,1-5H3. The molecule has 2 heterocycles. The molecule has 0 aliphatic carbocycles. The van der Waals surface area contributed by atoms with Gasteiger partial charge >= 0.3 is 13.1 Å². The number of ether oxygens (including phenoxy) is 3. The van der Waals surface area contributed by atoms with Gasteiger partial charge in [-0.3, -0.25) is 4.79 Å². The fraction of sp³-hybridized carbons (Fsp3) is 0.387. The van der Waals surface area contributed by atoms with Crippen molar-refractivity contribution >= 4 is 34.5 Å². The molecule has 214 valence electrons. The number of halogens is 1. The van der Waals surface area contributed by atoms with E-state index < -0.39 is 18.3 Å². The first-order valence-electron chi connectivity index (χ1n) is 13.5. The van der Waals surface area contributed by atoms with Crippen LogP contribution in [0.4, 0.5) is 0 Å². The first kappa shape index (κ1) is 30.6.